The zero-order valence-corrected chi connectivity index (χ0v) is 18.9. The number of carbonyl (C=O) groups is 1. The van der Waals surface area contributed by atoms with Crippen molar-refractivity contribution in [2.24, 2.45) is 0 Å². The fraction of sp³-hybridized carbons (Fsp3) is 0.143. The van der Waals surface area contributed by atoms with E-state index in [-0.39, 0.29) is 25.1 Å². The van der Waals surface area contributed by atoms with E-state index in [4.69, 9.17) is 14.2 Å². The van der Waals surface area contributed by atoms with Crippen molar-refractivity contribution in [3.63, 3.8) is 0 Å². The number of nitrogens with zero attached hydrogens (tertiary/aromatic N) is 2. The maximum Gasteiger partial charge on any atom is 0.254 e. The van der Waals surface area contributed by atoms with Gasteiger partial charge in [0.1, 0.15) is 18.2 Å². The van der Waals surface area contributed by atoms with Gasteiger partial charge in [0.05, 0.1) is 0 Å². The Morgan fingerprint density at radius 3 is 2.37 bits per heavy atom. The largest absolute Gasteiger partial charge is 0.489 e. The molecule has 0 unspecified atom stereocenters. The molecule has 1 aromatic heterocycles. The van der Waals surface area contributed by atoms with Gasteiger partial charge >= 0.3 is 0 Å². The van der Waals surface area contributed by atoms with Crippen LogP contribution in [0.25, 0.3) is 0 Å². The Morgan fingerprint density at radius 1 is 0.857 bits per heavy atom. The van der Waals surface area contributed by atoms with Crippen LogP contribution in [-0.4, -0.2) is 22.6 Å². The van der Waals surface area contributed by atoms with Crippen molar-refractivity contribution in [3.05, 3.63) is 119 Å². The number of halogens is 1. The highest BCUT2D eigenvalue weighted by atomic mass is 19.1. The van der Waals surface area contributed by atoms with E-state index in [0.29, 0.717) is 35.9 Å². The molecule has 1 aliphatic rings. The highest BCUT2D eigenvalue weighted by molar-refractivity contribution is 5.95. The quantitative estimate of drug-likeness (QED) is 0.347. The number of hydrogen-bond acceptors (Lipinski definition) is 5. The Hall–Kier alpha value is -4.39. The van der Waals surface area contributed by atoms with Crippen LogP contribution in [0.15, 0.2) is 91.3 Å². The van der Waals surface area contributed by atoms with Gasteiger partial charge in [-0.2, -0.15) is 0 Å². The first-order valence-electron chi connectivity index (χ1n) is 11.2. The second kappa shape index (κ2) is 10.3. The van der Waals surface area contributed by atoms with Crippen LogP contribution < -0.4 is 14.2 Å². The zero-order chi connectivity index (χ0) is 24.0. The van der Waals surface area contributed by atoms with Crippen LogP contribution in [0.3, 0.4) is 0 Å². The average molecular weight is 471 g/mol. The van der Waals surface area contributed by atoms with Gasteiger partial charge in [0.25, 0.3) is 5.91 Å². The number of carbonyl (C=O) groups excluding carboxylic acids is 1. The number of amides is 1. The summed E-state index contributed by atoms with van der Waals surface area (Å²) >= 11 is 0. The van der Waals surface area contributed by atoms with Crippen molar-refractivity contribution in [1.29, 1.82) is 0 Å². The van der Waals surface area contributed by atoms with Crippen LogP contribution in [-0.2, 0) is 19.7 Å². The summed E-state index contributed by atoms with van der Waals surface area (Å²) in [5.41, 5.74) is 3.21. The predicted molar refractivity (Wildman–Crippen MR) is 128 cm³/mol. The van der Waals surface area contributed by atoms with Crippen molar-refractivity contribution in [1.82, 2.24) is 9.88 Å². The van der Waals surface area contributed by atoms with Crippen LogP contribution in [0.1, 0.15) is 27.0 Å². The van der Waals surface area contributed by atoms with Gasteiger partial charge in [0.2, 0.25) is 6.79 Å². The molecule has 4 aromatic rings. The monoisotopic (exact) mass is 470 g/mol. The topological polar surface area (TPSA) is 60.9 Å². The Labute approximate surface area is 202 Å². The molecule has 2 heterocycles. The van der Waals surface area contributed by atoms with E-state index in [2.05, 4.69) is 4.98 Å². The van der Waals surface area contributed by atoms with E-state index >= 15 is 0 Å². The van der Waals surface area contributed by atoms with Gasteiger partial charge in [-0.15, -0.1) is 0 Å². The number of benzene rings is 3. The third-order valence-electron chi connectivity index (χ3n) is 5.62. The second-order valence-electron chi connectivity index (χ2n) is 8.15. The third-order valence-corrected chi connectivity index (χ3v) is 5.62. The minimum atomic E-state index is -0.289. The predicted octanol–water partition coefficient (Wildman–Crippen LogP) is 5.37. The summed E-state index contributed by atoms with van der Waals surface area (Å²) in [6.07, 6.45) is 3.42. The Kier molecular flexibility index (Phi) is 6.57. The van der Waals surface area contributed by atoms with E-state index < -0.39 is 0 Å². The number of hydrogen-bond donors (Lipinski definition) is 0. The minimum Gasteiger partial charge on any atom is -0.489 e. The van der Waals surface area contributed by atoms with Crippen LogP contribution >= 0.6 is 0 Å². The molecular weight excluding hydrogens is 447 g/mol. The Balaban J connectivity index is 1.31. The highest BCUT2D eigenvalue weighted by Gasteiger charge is 2.21. The van der Waals surface area contributed by atoms with Crippen LogP contribution in [0.2, 0.25) is 0 Å². The summed E-state index contributed by atoms with van der Waals surface area (Å²) in [6, 6.07) is 22.9. The minimum absolute atomic E-state index is 0.119. The fourth-order valence-corrected chi connectivity index (χ4v) is 3.83. The maximum absolute atomic E-state index is 13.5. The van der Waals surface area contributed by atoms with Crippen LogP contribution in [0, 0.1) is 5.82 Å². The normalized spacial score (nSPS) is 11.8. The van der Waals surface area contributed by atoms with Crippen molar-refractivity contribution < 1.29 is 23.4 Å². The first-order chi connectivity index (χ1) is 17.1. The van der Waals surface area contributed by atoms with Gasteiger partial charge in [-0.05, 0) is 71.3 Å². The number of pyridine rings is 1. The van der Waals surface area contributed by atoms with E-state index in [9.17, 15) is 9.18 Å². The molecule has 3 aromatic carbocycles. The van der Waals surface area contributed by atoms with Gasteiger partial charge in [-0.25, -0.2) is 4.39 Å². The van der Waals surface area contributed by atoms with Crippen LogP contribution in [0.5, 0.6) is 17.2 Å². The molecule has 0 radical (unpaired) electrons. The molecule has 0 N–H and O–H groups in total. The molecule has 1 aliphatic heterocycles. The molecule has 6 nitrogen and oxygen atoms in total. The summed E-state index contributed by atoms with van der Waals surface area (Å²) in [6.45, 7) is 1.25. The molecule has 5 rings (SSSR count). The Bertz CT molecular complexity index is 1310. The van der Waals surface area contributed by atoms with E-state index in [1.165, 1.54) is 12.1 Å². The molecule has 0 aliphatic carbocycles. The van der Waals surface area contributed by atoms with Crippen LogP contribution in [0.4, 0.5) is 4.39 Å². The molecular formula is C28H23FN2O4. The van der Waals surface area contributed by atoms with Crippen molar-refractivity contribution in [3.8, 4) is 17.2 Å². The lowest BCUT2D eigenvalue weighted by Crippen LogP contribution is -2.30. The van der Waals surface area contributed by atoms with Gasteiger partial charge in [-0.1, -0.05) is 24.3 Å². The van der Waals surface area contributed by atoms with Gasteiger partial charge in [0.15, 0.2) is 11.5 Å². The number of fused-ring (bicyclic) bond motifs is 1. The molecule has 0 spiro atoms. The Morgan fingerprint density at radius 2 is 1.60 bits per heavy atom. The lowest BCUT2D eigenvalue weighted by atomic mass is 10.1. The van der Waals surface area contributed by atoms with Gasteiger partial charge in [-0.3, -0.25) is 9.78 Å². The zero-order valence-electron chi connectivity index (χ0n) is 18.9. The highest BCUT2D eigenvalue weighted by Crippen LogP contribution is 2.33. The summed E-state index contributed by atoms with van der Waals surface area (Å²) in [7, 11) is 0. The lowest BCUT2D eigenvalue weighted by Gasteiger charge is -2.23. The average Bonchev–Trinajstić information content (AvgIpc) is 3.36. The molecule has 0 fully saturated rings. The molecule has 35 heavy (non-hydrogen) atoms. The summed E-state index contributed by atoms with van der Waals surface area (Å²) < 4.78 is 30.0. The standard InChI is InChI=1S/C28H23FN2O4/c29-24-3-1-2-22(14-24)18-33-25-7-4-20(5-8-25)16-31(17-21-10-12-30-13-11-21)28(32)23-6-9-26-27(15-23)35-19-34-26/h1-15H,16-19H2. The molecule has 0 bridgehead atoms. The first kappa shape index (κ1) is 22.4. The lowest BCUT2D eigenvalue weighted by molar-refractivity contribution is 0.0729. The molecule has 0 saturated heterocycles. The van der Waals surface area contributed by atoms with Gasteiger partial charge < -0.3 is 19.1 Å². The molecule has 0 saturated carbocycles. The number of ether oxygens (including phenoxy) is 3. The molecule has 1 amide bonds. The third kappa shape index (κ3) is 5.58. The SMILES string of the molecule is O=C(c1ccc2c(c1)OCO2)N(Cc1ccncc1)Cc1ccc(OCc2cccc(F)c2)cc1. The second-order valence-corrected chi connectivity index (χ2v) is 8.15. The molecule has 7 heteroatoms. The van der Waals surface area contributed by atoms with Crippen molar-refractivity contribution >= 4 is 5.91 Å². The van der Waals surface area contributed by atoms with E-state index in [1.54, 1.807) is 41.6 Å². The van der Waals surface area contributed by atoms with E-state index in [0.717, 1.165) is 16.7 Å². The van der Waals surface area contributed by atoms with Crippen molar-refractivity contribution in [2.75, 3.05) is 6.79 Å². The summed E-state index contributed by atoms with van der Waals surface area (Å²) in [4.78, 5) is 19.3. The number of rotatable bonds is 8. The summed E-state index contributed by atoms with van der Waals surface area (Å²) in [5.74, 6) is 1.46. The smallest absolute Gasteiger partial charge is 0.254 e. The molecule has 176 valence electrons. The van der Waals surface area contributed by atoms with Crippen molar-refractivity contribution in [2.45, 2.75) is 19.7 Å². The van der Waals surface area contributed by atoms with Gasteiger partial charge in [0, 0.05) is 31.0 Å². The first-order valence-corrected chi connectivity index (χ1v) is 11.2. The molecule has 0 atom stereocenters. The maximum atomic E-state index is 13.5. The number of aromatic nitrogens is 1. The van der Waals surface area contributed by atoms with E-state index in [1.807, 2.05) is 42.5 Å². The fourth-order valence-electron chi connectivity index (χ4n) is 3.83. The summed E-state index contributed by atoms with van der Waals surface area (Å²) in [5, 5.41) is 0.